The summed E-state index contributed by atoms with van der Waals surface area (Å²) in [6, 6.07) is 5.71. The van der Waals surface area contributed by atoms with Crippen LogP contribution < -0.4 is 4.74 Å². The molecule has 7 rings (SSSR count). The normalized spacial score (nSPS) is 17.2. The number of ether oxygens (including phenoxy) is 3. The molecule has 46 heavy (non-hydrogen) atoms. The zero-order chi connectivity index (χ0) is 32.2. The Morgan fingerprint density at radius 1 is 1.22 bits per heavy atom. The van der Waals surface area contributed by atoms with E-state index in [0.717, 1.165) is 27.4 Å². The molecule has 4 aromatic heterocycles. The maximum atomic E-state index is 16.0. The van der Waals surface area contributed by atoms with E-state index in [1.807, 2.05) is 40.0 Å². The van der Waals surface area contributed by atoms with Gasteiger partial charge in [0, 0.05) is 52.7 Å². The molecule has 238 valence electrons. The van der Waals surface area contributed by atoms with Crippen molar-refractivity contribution in [3.8, 4) is 39.5 Å². The van der Waals surface area contributed by atoms with Crippen molar-refractivity contribution in [2.75, 3.05) is 33.5 Å². The van der Waals surface area contributed by atoms with Gasteiger partial charge in [0.25, 0.3) is 0 Å². The lowest BCUT2D eigenvalue weighted by Gasteiger charge is -2.38. The van der Waals surface area contributed by atoms with Crippen LogP contribution in [-0.2, 0) is 32.9 Å². The predicted octanol–water partition coefficient (Wildman–Crippen LogP) is 5.66. The lowest BCUT2D eigenvalue weighted by atomic mass is 9.97. The van der Waals surface area contributed by atoms with Gasteiger partial charge >= 0.3 is 0 Å². The van der Waals surface area contributed by atoms with Crippen LogP contribution in [0.4, 0.5) is 8.78 Å². The molecule has 2 aliphatic heterocycles. The number of halogens is 2. The molecule has 0 bridgehead atoms. The molecule has 1 atom stereocenters. The molecule has 1 saturated heterocycles. The van der Waals surface area contributed by atoms with Crippen LogP contribution in [0.2, 0.25) is 0 Å². The molecular formula is C33H32F2N6O4S. The summed E-state index contributed by atoms with van der Waals surface area (Å²) < 4.78 is 51.6. The van der Waals surface area contributed by atoms with E-state index < -0.39 is 11.6 Å². The van der Waals surface area contributed by atoms with E-state index in [0.29, 0.717) is 48.9 Å². The number of thiophene rings is 1. The molecule has 0 N–H and O–H groups in total. The quantitative estimate of drug-likeness (QED) is 0.151. The second kappa shape index (κ2) is 11.7. The maximum Gasteiger partial charge on any atom is 0.246 e. The standard InChI is InChI=1S/C33H32F2N6O4S/c1-5-27(42)39-16-22-12-25(38-40(22)14-19(39)2)31-29(28-24(35)10-21(34)11-26(28)45-8-7-43-4)32-23(6-9-46-32)30(37-31)20-13-36-41(15-20)33(3)17-44-18-33/h5-6,9-13,15,19H,1,7-8,14,16-18H2,2-4H3. The van der Waals surface area contributed by atoms with Crippen LogP contribution in [0.1, 0.15) is 19.5 Å². The molecule has 10 nitrogen and oxygen atoms in total. The molecule has 1 unspecified atom stereocenters. The van der Waals surface area contributed by atoms with Crippen molar-refractivity contribution < 1.29 is 27.8 Å². The molecular weight excluding hydrogens is 614 g/mol. The number of aromatic nitrogens is 5. The molecule has 2 aliphatic rings. The number of hydrogen-bond donors (Lipinski definition) is 0. The van der Waals surface area contributed by atoms with Crippen molar-refractivity contribution in [3.63, 3.8) is 0 Å². The fourth-order valence-corrected chi connectivity index (χ4v) is 6.97. The Morgan fingerprint density at radius 3 is 2.78 bits per heavy atom. The number of rotatable bonds is 9. The van der Waals surface area contributed by atoms with E-state index in [2.05, 4.69) is 18.6 Å². The molecule has 0 spiro atoms. The number of nitrogens with zero attached hydrogens (tertiary/aromatic N) is 6. The molecule has 6 heterocycles. The highest BCUT2D eigenvalue weighted by Gasteiger charge is 2.37. The topological polar surface area (TPSA) is 96.5 Å². The average Bonchev–Trinajstić information content (AvgIpc) is 3.79. The zero-order valence-corrected chi connectivity index (χ0v) is 26.4. The number of fused-ring (bicyclic) bond motifs is 2. The Labute approximate surface area is 267 Å². The minimum absolute atomic E-state index is 0.0335. The van der Waals surface area contributed by atoms with E-state index >= 15 is 4.39 Å². The van der Waals surface area contributed by atoms with E-state index in [-0.39, 0.29) is 42.0 Å². The molecule has 1 aromatic carbocycles. The van der Waals surface area contributed by atoms with Crippen LogP contribution in [-0.4, -0.2) is 74.9 Å². The van der Waals surface area contributed by atoms with Gasteiger partial charge < -0.3 is 19.1 Å². The minimum Gasteiger partial charge on any atom is -0.490 e. The average molecular weight is 647 g/mol. The Kier molecular flexibility index (Phi) is 7.70. The van der Waals surface area contributed by atoms with Gasteiger partial charge in [-0.3, -0.25) is 14.2 Å². The monoisotopic (exact) mass is 646 g/mol. The largest absolute Gasteiger partial charge is 0.490 e. The summed E-state index contributed by atoms with van der Waals surface area (Å²) in [7, 11) is 1.53. The third-order valence-corrected chi connectivity index (χ3v) is 9.45. The first kappa shape index (κ1) is 30.2. The highest BCUT2D eigenvalue weighted by molar-refractivity contribution is 7.18. The van der Waals surface area contributed by atoms with Gasteiger partial charge in [-0.15, -0.1) is 11.3 Å². The molecule has 1 amide bonds. The molecule has 5 aromatic rings. The van der Waals surface area contributed by atoms with Gasteiger partial charge in [0.2, 0.25) is 5.91 Å². The zero-order valence-electron chi connectivity index (χ0n) is 25.6. The van der Waals surface area contributed by atoms with Crippen LogP contribution in [0.5, 0.6) is 5.75 Å². The first-order chi connectivity index (χ1) is 22.2. The summed E-state index contributed by atoms with van der Waals surface area (Å²) >= 11 is 1.42. The predicted molar refractivity (Wildman–Crippen MR) is 169 cm³/mol. The summed E-state index contributed by atoms with van der Waals surface area (Å²) in [6.45, 7) is 9.89. The summed E-state index contributed by atoms with van der Waals surface area (Å²) in [6.07, 6.45) is 5.02. The smallest absolute Gasteiger partial charge is 0.246 e. The number of amides is 1. The van der Waals surface area contributed by atoms with Gasteiger partial charge in [0.15, 0.2) is 0 Å². The summed E-state index contributed by atoms with van der Waals surface area (Å²) in [4.78, 5) is 19.5. The second-order valence-electron chi connectivity index (χ2n) is 11.8. The fourth-order valence-electron chi connectivity index (χ4n) is 6.02. The highest BCUT2D eigenvalue weighted by Crippen LogP contribution is 2.47. The van der Waals surface area contributed by atoms with E-state index in [4.69, 9.17) is 24.3 Å². The van der Waals surface area contributed by atoms with Gasteiger partial charge in [-0.25, -0.2) is 13.8 Å². The Morgan fingerprint density at radius 2 is 2.04 bits per heavy atom. The van der Waals surface area contributed by atoms with Gasteiger partial charge in [-0.1, -0.05) is 6.58 Å². The summed E-state index contributed by atoms with van der Waals surface area (Å²) in [5.41, 5.74) is 3.37. The molecule has 13 heteroatoms. The third kappa shape index (κ3) is 5.08. The van der Waals surface area contributed by atoms with Crippen molar-refractivity contribution in [2.24, 2.45) is 0 Å². The molecule has 0 aliphatic carbocycles. The van der Waals surface area contributed by atoms with Crippen molar-refractivity contribution in [2.45, 2.75) is 38.5 Å². The minimum atomic E-state index is -0.788. The van der Waals surface area contributed by atoms with Gasteiger partial charge in [-0.05, 0) is 37.4 Å². The van der Waals surface area contributed by atoms with Crippen LogP contribution in [0, 0.1) is 11.6 Å². The van der Waals surface area contributed by atoms with E-state index in [9.17, 15) is 9.18 Å². The van der Waals surface area contributed by atoms with E-state index in [1.165, 1.54) is 30.6 Å². The van der Waals surface area contributed by atoms with Crippen LogP contribution in [0.25, 0.3) is 43.9 Å². The third-order valence-electron chi connectivity index (χ3n) is 8.52. The van der Waals surface area contributed by atoms with Crippen molar-refractivity contribution in [1.82, 2.24) is 29.4 Å². The van der Waals surface area contributed by atoms with Crippen molar-refractivity contribution in [3.05, 3.63) is 72.0 Å². The SMILES string of the molecule is C=CC(=O)N1Cc2cc(-c3nc(-c4cnn(C5(C)COC5)c4)c4ccsc4c3-c3c(F)cc(F)cc3OCCOC)nn2CC1C. The molecule has 0 radical (unpaired) electrons. The van der Waals surface area contributed by atoms with Gasteiger partial charge in [0.1, 0.15) is 40.9 Å². The summed E-state index contributed by atoms with van der Waals surface area (Å²) in [5, 5.41) is 12.3. The van der Waals surface area contributed by atoms with Crippen molar-refractivity contribution >= 4 is 27.3 Å². The first-order valence-electron chi connectivity index (χ1n) is 14.9. The highest BCUT2D eigenvalue weighted by atomic mass is 32.1. The fraction of sp³-hybridized carbons (Fsp3) is 0.333. The first-order valence-corrected chi connectivity index (χ1v) is 15.7. The number of benzene rings is 1. The molecule has 1 fully saturated rings. The Hall–Kier alpha value is -4.46. The number of methoxy groups -OCH3 is 1. The number of carbonyl (C=O) groups is 1. The van der Waals surface area contributed by atoms with Gasteiger partial charge in [0.05, 0.1) is 56.1 Å². The van der Waals surface area contributed by atoms with Crippen LogP contribution >= 0.6 is 11.3 Å². The number of hydrogen-bond acceptors (Lipinski definition) is 8. The lowest BCUT2D eigenvalue weighted by molar-refractivity contribution is -0.129. The number of pyridine rings is 1. The van der Waals surface area contributed by atoms with Crippen LogP contribution in [0.3, 0.4) is 0 Å². The second-order valence-corrected chi connectivity index (χ2v) is 12.8. The number of carbonyl (C=O) groups excluding carboxylic acids is 1. The van der Waals surface area contributed by atoms with E-state index in [1.54, 1.807) is 11.1 Å². The Balaban J connectivity index is 1.46. The van der Waals surface area contributed by atoms with Crippen LogP contribution in [0.15, 0.2) is 54.7 Å². The van der Waals surface area contributed by atoms with Crippen molar-refractivity contribution in [1.29, 1.82) is 0 Å². The maximum absolute atomic E-state index is 16.0. The van der Waals surface area contributed by atoms with Gasteiger partial charge in [-0.2, -0.15) is 10.2 Å². The lowest BCUT2D eigenvalue weighted by Crippen LogP contribution is -2.49. The molecule has 0 saturated carbocycles. The summed E-state index contributed by atoms with van der Waals surface area (Å²) in [5.74, 6) is -1.69. The Bertz CT molecular complexity index is 1980.